The van der Waals surface area contributed by atoms with Gasteiger partial charge in [-0.25, -0.2) is 4.79 Å². The summed E-state index contributed by atoms with van der Waals surface area (Å²) in [6, 6.07) is 4.20. The minimum absolute atomic E-state index is 0.427. The molecule has 0 bridgehead atoms. The van der Waals surface area contributed by atoms with Gasteiger partial charge < -0.3 is 10.0 Å². The van der Waals surface area contributed by atoms with Crippen LogP contribution in [0.25, 0.3) is 0 Å². The molecule has 0 aromatic carbocycles. The maximum atomic E-state index is 10.8. The second-order valence-electron chi connectivity index (χ2n) is 4.97. The first-order valence-corrected chi connectivity index (χ1v) is 6.95. The molecule has 3 nitrogen and oxygen atoms in total. The van der Waals surface area contributed by atoms with Crippen molar-refractivity contribution < 1.29 is 9.90 Å². The second-order valence-corrected chi connectivity index (χ2v) is 6.03. The number of carboxylic acids is 1. The van der Waals surface area contributed by atoms with E-state index in [-0.39, 0.29) is 0 Å². The molecule has 1 aliphatic rings. The van der Waals surface area contributed by atoms with Crippen LogP contribution < -0.4 is 4.90 Å². The number of hydrogen-bond acceptors (Lipinski definition) is 3. The summed E-state index contributed by atoms with van der Waals surface area (Å²) in [5.41, 5.74) is 0. The van der Waals surface area contributed by atoms with E-state index in [9.17, 15) is 4.79 Å². The Hall–Kier alpha value is -1.03. The first-order valence-electron chi connectivity index (χ1n) is 6.14. The SMILES string of the molecule is CC1CCC(N(C)c2ccc(C(=O)O)s2)CC1. The zero-order valence-corrected chi connectivity index (χ0v) is 11.2. The molecule has 0 atom stereocenters. The Morgan fingerprint density at radius 2 is 2.00 bits per heavy atom. The van der Waals surface area contributed by atoms with Crippen LogP contribution in [-0.4, -0.2) is 24.2 Å². The van der Waals surface area contributed by atoms with E-state index in [0.717, 1.165) is 10.9 Å². The minimum atomic E-state index is -0.827. The summed E-state index contributed by atoms with van der Waals surface area (Å²) >= 11 is 1.37. The van der Waals surface area contributed by atoms with Crippen molar-refractivity contribution in [2.45, 2.75) is 38.6 Å². The maximum Gasteiger partial charge on any atom is 0.345 e. The van der Waals surface area contributed by atoms with Crippen LogP contribution in [0, 0.1) is 5.92 Å². The van der Waals surface area contributed by atoms with Crippen molar-refractivity contribution >= 4 is 22.3 Å². The van der Waals surface area contributed by atoms with Crippen molar-refractivity contribution in [3.8, 4) is 0 Å². The third kappa shape index (κ3) is 2.80. The maximum absolute atomic E-state index is 10.8. The van der Waals surface area contributed by atoms with Crippen LogP contribution in [0.1, 0.15) is 42.3 Å². The highest BCUT2D eigenvalue weighted by Crippen LogP contribution is 2.32. The minimum Gasteiger partial charge on any atom is -0.477 e. The molecule has 0 radical (unpaired) electrons. The normalized spacial score (nSPS) is 24.6. The largest absolute Gasteiger partial charge is 0.477 e. The smallest absolute Gasteiger partial charge is 0.345 e. The van der Waals surface area contributed by atoms with E-state index in [2.05, 4.69) is 18.9 Å². The molecule has 1 N–H and O–H groups in total. The summed E-state index contributed by atoms with van der Waals surface area (Å²) in [5.74, 6) is 0.0180. The Labute approximate surface area is 106 Å². The van der Waals surface area contributed by atoms with Crippen LogP contribution in [0.3, 0.4) is 0 Å². The monoisotopic (exact) mass is 253 g/mol. The lowest BCUT2D eigenvalue weighted by molar-refractivity contribution is 0.0702. The van der Waals surface area contributed by atoms with Crippen molar-refractivity contribution in [2.24, 2.45) is 5.92 Å². The highest BCUT2D eigenvalue weighted by atomic mass is 32.1. The lowest BCUT2D eigenvalue weighted by Gasteiger charge is -2.34. The Kier molecular flexibility index (Phi) is 3.72. The summed E-state index contributed by atoms with van der Waals surface area (Å²) in [6.45, 7) is 2.31. The molecule has 4 heteroatoms. The summed E-state index contributed by atoms with van der Waals surface area (Å²) < 4.78 is 0. The zero-order chi connectivity index (χ0) is 12.4. The fourth-order valence-corrected chi connectivity index (χ4v) is 3.32. The number of carbonyl (C=O) groups is 1. The van der Waals surface area contributed by atoms with E-state index in [1.54, 1.807) is 6.07 Å². The Morgan fingerprint density at radius 1 is 1.35 bits per heavy atom. The number of aromatic carboxylic acids is 1. The van der Waals surface area contributed by atoms with Gasteiger partial charge in [0.15, 0.2) is 0 Å². The summed E-state index contributed by atoms with van der Waals surface area (Å²) in [4.78, 5) is 13.5. The van der Waals surface area contributed by atoms with E-state index in [4.69, 9.17) is 5.11 Å². The topological polar surface area (TPSA) is 40.5 Å². The Morgan fingerprint density at radius 3 is 2.53 bits per heavy atom. The Balaban J connectivity index is 2.03. The summed E-state index contributed by atoms with van der Waals surface area (Å²) in [5, 5.41) is 9.99. The fraction of sp³-hybridized carbons (Fsp3) is 0.615. The van der Waals surface area contributed by atoms with E-state index >= 15 is 0 Å². The van der Waals surface area contributed by atoms with Crippen molar-refractivity contribution in [1.29, 1.82) is 0 Å². The lowest BCUT2D eigenvalue weighted by Crippen LogP contribution is -2.34. The van der Waals surface area contributed by atoms with Gasteiger partial charge in [-0.15, -0.1) is 11.3 Å². The van der Waals surface area contributed by atoms with Crippen LogP contribution in [-0.2, 0) is 0 Å². The highest BCUT2D eigenvalue weighted by molar-refractivity contribution is 7.17. The van der Waals surface area contributed by atoms with Crippen LogP contribution in [0.5, 0.6) is 0 Å². The Bertz CT molecular complexity index is 394. The van der Waals surface area contributed by atoms with Gasteiger partial charge in [-0.2, -0.15) is 0 Å². The first-order chi connectivity index (χ1) is 8.08. The molecule has 1 saturated carbocycles. The van der Waals surface area contributed by atoms with Gasteiger partial charge in [0, 0.05) is 13.1 Å². The van der Waals surface area contributed by atoms with E-state index < -0.39 is 5.97 Å². The second kappa shape index (κ2) is 5.08. The van der Waals surface area contributed by atoms with E-state index in [0.29, 0.717) is 10.9 Å². The van der Waals surface area contributed by atoms with Gasteiger partial charge in [0.2, 0.25) is 0 Å². The molecule has 0 spiro atoms. The fourth-order valence-electron chi connectivity index (χ4n) is 2.44. The number of nitrogens with zero attached hydrogens (tertiary/aromatic N) is 1. The molecule has 17 heavy (non-hydrogen) atoms. The van der Waals surface area contributed by atoms with E-state index in [1.165, 1.54) is 37.0 Å². The van der Waals surface area contributed by atoms with Gasteiger partial charge in [0.05, 0.1) is 5.00 Å². The van der Waals surface area contributed by atoms with E-state index in [1.807, 2.05) is 6.07 Å². The number of hydrogen-bond donors (Lipinski definition) is 1. The molecular weight excluding hydrogens is 234 g/mol. The van der Waals surface area contributed by atoms with Gasteiger partial charge in [0.25, 0.3) is 0 Å². The predicted molar refractivity (Wildman–Crippen MR) is 71.1 cm³/mol. The van der Waals surface area contributed by atoms with Crippen molar-refractivity contribution in [3.63, 3.8) is 0 Å². The predicted octanol–water partition coefficient (Wildman–Crippen LogP) is 3.46. The van der Waals surface area contributed by atoms with Gasteiger partial charge >= 0.3 is 5.97 Å². The van der Waals surface area contributed by atoms with Crippen LogP contribution in [0.15, 0.2) is 12.1 Å². The van der Waals surface area contributed by atoms with Gasteiger partial charge in [0.1, 0.15) is 4.88 Å². The molecule has 1 aliphatic carbocycles. The quantitative estimate of drug-likeness (QED) is 0.896. The van der Waals surface area contributed by atoms with Crippen LogP contribution in [0.2, 0.25) is 0 Å². The standard InChI is InChI=1S/C13H19NO2S/c1-9-3-5-10(6-4-9)14(2)12-8-7-11(17-12)13(15)16/h7-10H,3-6H2,1-2H3,(H,15,16). The molecule has 0 amide bonds. The lowest BCUT2D eigenvalue weighted by atomic mass is 9.87. The molecule has 0 unspecified atom stereocenters. The third-order valence-corrected chi connectivity index (χ3v) is 4.85. The molecular formula is C13H19NO2S. The summed E-state index contributed by atoms with van der Waals surface area (Å²) in [7, 11) is 2.08. The first kappa shape index (κ1) is 12.4. The molecule has 1 fully saturated rings. The van der Waals surface area contributed by atoms with Crippen LogP contribution in [0.4, 0.5) is 5.00 Å². The van der Waals surface area contributed by atoms with Gasteiger partial charge in [-0.1, -0.05) is 6.92 Å². The number of anilines is 1. The molecule has 0 saturated heterocycles. The zero-order valence-electron chi connectivity index (χ0n) is 10.3. The van der Waals surface area contributed by atoms with Gasteiger partial charge in [-0.05, 0) is 43.7 Å². The van der Waals surface area contributed by atoms with Crippen molar-refractivity contribution in [1.82, 2.24) is 0 Å². The van der Waals surface area contributed by atoms with Gasteiger partial charge in [-0.3, -0.25) is 0 Å². The average molecular weight is 253 g/mol. The molecule has 1 heterocycles. The highest BCUT2D eigenvalue weighted by Gasteiger charge is 2.23. The number of carboxylic acid groups (broad SMARTS) is 1. The third-order valence-electron chi connectivity index (χ3n) is 3.68. The van der Waals surface area contributed by atoms with Crippen molar-refractivity contribution in [2.75, 3.05) is 11.9 Å². The molecule has 94 valence electrons. The average Bonchev–Trinajstić information content (AvgIpc) is 2.78. The molecule has 2 rings (SSSR count). The van der Waals surface area contributed by atoms with Crippen LogP contribution >= 0.6 is 11.3 Å². The molecule has 1 aromatic heterocycles. The summed E-state index contributed by atoms with van der Waals surface area (Å²) in [6.07, 6.45) is 5.01. The number of rotatable bonds is 3. The van der Waals surface area contributed by atoms with Crippen molar-refractivity contribution in [3.05, 3.63) is 17.0 Å². The molecule has 1 aromatic rings. The molecule has 0 aliphatic heterocycles. The number of thiophene rings is 1.